The maximum absolute atomic E-state index is 5.95. The van der Waals surface area contributed by atoms with E-state index in [0.717, 1.165) is 37.8 Å². The highest BCUT2D eigenvalue weighted by molar-refractivity contribution is 6.33. The van der Waals surface area contributed by atoms with Crippen molar-refractivity contribution in [3.63, 3.8) is 0 Å². The fraction of sp³-hybridized carbons (Fsp3) is 0.455. The Bertz CT molecular complexity index is 325. The fourth-order valence-corrected chi connectivity index (χ4v) is 2.03. The molecule has 14 heavy (non-hydrogen) atoms. The summed E-state index contributed by atoms with van der Waals surface area (Å²) in [5.74, 6) is 0. The molecule has 1 aromatic carbocycles. The summed E-state index contributed by atoms with van der Waals surface area (Å²) < 4.78 is 0. The van der Waals surface area contributed by atoms with Gasteiger partial charge >= 0.3 is 0 Å². The SMILES string of the molecule is [B]c1cccc2c1CCCN([B])CC2. The highest BCUT2D eigenvalue weighted by Gasteiger charge is 2.09. The summed E-state index contributed by atoms with van der Waals surface area (Å²) in [4.78, 5) is 1.89. The average Bonchev–Trinajstić information content (AvgIpc) is 2.14. The maximum atomic E-state index is 5.95. The molecule has 1 heterocycles. The number of benzene rings is 1. The van der Waals surface area contributed by atoms with E-state index in [4.69, 9.17) is 15.8 Å². The van der Waals surface area contributed by atoms with Crippen LogP contribution < -0.4 is 5.46 Å². The van der Waals surface area contributed by atoms with Crippen LogP contribution in [-0.4, -0.2) is 33.7 Å². The van der Waals surface area contributed by atoms with Crippen LogP contribution in [0.1, 0.15) is 17.5 Å². The molecule has 2 rings (SSSR count). The van der Waals surface area contributed by atoms with E-state index in [2.05, 4.69) is 6.07 Å². The van der Waals surface area contributed by atoms with Gasteiger partial charge in [0.2, 0.25) is 0 Å². The second-order valence-electron chi connectivity index (χ2n) is 3.87. The van der Waals surface area contributed by atoms with E-state index in [-0.39, 0.29) is 0 Å². The number of rotatable bonds is 0. The molecule has 0 saturated heterocycles. The normalized spacial score (nSPS) is 18.3. The molecule has 68 valence electrons. The highest BCUT2D eigenvalue weighted by Crippen LogP contribution is 2.12. The van der Waals surface area contributed by atoms with Crippen molar-refractivity contribution >= 4 is 21.3 Å². The average molecular weight is 181 g/mol. The molecule has 1 aromatic rings. The molecule has 1 aliphatic rings. The minimum atomic E-state index is 0.927. The van der Waals surface area contributed by atoms with Gasteiger partial charge in [0, 0.05) is 0 Å². The van der Waals surface area contributed by atoms with Crippen LogP contribution in [0.3, 0.4) is 0 Å². The van der Waals surface area contributed by atoms with Crippen molar-refractivity contribution in [1.82, 2.24) is 4.81 Å². The summed E-state index contributed by atoms with van der Waals surface area (Å²) in [5, 5.41) is 0. The largest absolute Gasteiger partial charge is 0.353 e. The zero-order valence-electron chi connectivity index (χ0n) is 8.37. The van der Waals surface area contributed by atoms with E-state index in [1.54, 1.807) is 0 Å². The first-order valence-corrected chi connectivity index (χ1v) is 5.13. The first-order valence-electron chi connectivity index (χ1n) is 5.13. The van der Waals surface area contributed by atoms with E-state index >= 15 is 0 Å². The Morgan fingerprint density at radius 2 is 2.00 bits per heavy atom. The molecular formula is C11H13B2N. The number of hydrogen-bond donors (Lipinski definition) is 0. The summed E-state index contributed by atoms with van der Waals surface area (Å²) in [7, 11) is 11.8. The first-order chi connectivity index (χ1) is 6.77. The molecule has 1 aliphatic heterocycles. The van der Waals surface area contributed by atoms with Crippen molar-refractivity contribution in [1.29, 1.82) is 0 Å². The lowest BCUT2D eigenvalue weighted by atomic mass is 9.84. The molecule has 1 nitrogen and oxygen atoms in total. The van der Waals surface area contributed by atoms with E-state index in [9.17, 15) is 0 Å². The smallest absolute Gasteiger partial charge is 0.182 e. The molecule has 0 fully saturated rings. The van der Waals surface area contributed by atoms with Crippen LogP contribution in [0.4, 0.5) is 0 Å². The Morgan fingerprint density at radius 3 is 2.86 bits per heavy atom. The minimum Gasteiger partial charge on any atom is -0.353 e. The number of fused-ring (bicyclic) bond motifs is 1. The Kier molecular flexibility index (Phi) is 2.97. The zero-order valence-corrected chi connectivity index (χ0v) is 8.37. The van der Waals surface area contributed by atoms with Gasteiger partial charge in [-0.2, -0.15) is 0 Å². The molecule has 0 bridgehead atoms. The summed E-state index contributed by atoms with van der Waals surface area (Å²) in [5.41, 5.74) is 3.63. The lowest BCUT2D eigenvalue weighted by molar-refractivity contribution is 0.437. The molecule has 0 saturated carbocycles. The quantitative estimate of drug-likeness (QED) is 0.522. The Labute approximate surface area is 88.3 Å². The monoisotopic (exact) mass is 181 g/mol. The third-order valence-electron chi connectivity index (χ3n) is 2.85. The molecular weight excluding hydrogens is 168 g/mol. The molecule has 0 aromatic heterocycles. The lowest BCUT2D eigenvalue weighted by Crippen LogP contribution is -2.28. The van der Waals surface area contributed by atoms with Gasteiger partial charge in [-0.1, -0.05) is 29.2 Å². The molecule has 0 amide bonds. The third-order valence-corrected chi connectivity index (χ3v) is 2.85. The number of nitrogens with zero attached hydrogens (tertiary/aromatic N) is 1. The third kappa shape index (κ3) is 2.03. The highest BCUT2D eigenvalue weighted by atomic mass is 15.0. The van der Waals surface area contributed by atoms with Gasteiger partial charge in [0.05, 0.1) is 0 Å². The standard InChI is InChI=1S/C11H13B2N/c12-11-5-1-3-9-6-8-14(13)7-2-4-10(9)11/h1,3,5H,2,4,6-8H2. The van der Waals surface area contributed by atoms with Crippen LogP contribution in [0.15, 0.2) is 18.2 Å². The van der Waals surface area contributed by atoms with Gasteiger partial charge in [0.25, 0.3) is 0 Å². The molecule has 3 heteroatoms. The van der Waals surface area contributed by atoms with Crippen molar-refractivity contribution in [3.8, 4) is 0 Å². The summed E-state index contributed by atoms with van der Waals surface area (Å²) in [6, 6.07) is 6.17. The summed E-state index contributed by atoms with van der Waals surface area (Å²) in [6.07, 6.45) is 3.16. The van der Waals surface area contributed by atoms with E-state index in [0.29, 0.717) is 0 Å². The predicted molar refractivity (Wildman–Crippen MR) is 61.2 cm³/mol. The summed E-state index contributed by atoms with van der Waals surface area (Å²) in [6.45, 7) is 1.89. The van der Waals surface area contributed by atoms with Crippen LogP contribution in [0, 0.1) is 0 Å². The van der Waals surface area contributed by atoms with Crippen LogP contribution in [0.2, 0.25) is 0 Å². The lowest BCUT2D eigenvalue weighted by Gasteiger charge is -2.23. The minimum absolute atomic E-state index is 0.927. The van der Waals surface area contributed by atoms with Gasteiger partial charge in [-0.3, -0.25) is 0 Å². The topological polar surface area (TPSA) is 3.24 Å². The molecule has 0 atom stereocenters. The maximum Gasteiger partial charge on any atom is 0.182 e. The summed E-state index contributed by atoms with van der Waals surface area (Å²) >= 11 is 0. The van der Waals surface area contributed by atoms with Crippen molar-refractivity contribution < 1.29 is 0 Å². The Morgan fingerprint density at radius 1 is 1.14 bits per heavy atom. The van der Waals surface area contributed by atoms with Crippen molar-refractivity contribution in [2.24, 2.45) is 0 Å². The van der Waals surface area contributed by atoms with Gasteiger partial charge in [-0.05, 0) is 37.9 Å². The van der Waals surface area contributed by atoms with Crippen molar-refractivity contribution in [3.05, 3.63) is 29.3 Å². The molecule has 4 radical (unpaired) electrons. The van der Waals surface area contributed by atoms with Crippen molar-refractivity contribution in [2.75, 3.05) is 13.1 Å². The van der Waals surface area contributed by atoms with Gasteiger partial charge < -0.3 is 4.81 Å². The number of hydrogen-bond acceptors (Lipinski definition) is 1. The van der Waals surface area contributed by atoms with E-state index in [1.807, 2.05) is 16.9 Å². The van der Waals surface area contributed by atoms with Crippen molar-refractivity contribution in [2.45, 2.75) is 19.3 Å². The van der Waals surface area contributed by atoms with Crippen LogP contribution in [0.25, 0.3) is 0 Å². The molecule has 0 N–H and O–H groups in total. The zero-order chi connectivity index (χ0) is 9.97. The van der Waals surface area contributed by atoms with Crippen LogP contribution in [0.5, 0.6) is 0 Å². The van der Waals surface area contributed by atoms with Gasteiger partial charge in [0.1, 0.15) is 7.85 Å². The van der Waals surface area contributed by atoms with Gasteiger partial charge in [0.15, 0.2) is 7.98 Å². The van der Waals surface area contributed by atoms with E-state index < -0.39 is 0 Å². The fourth-order valence-electron chi connectivity index (χ4n) is 2.03. The van der Waals surface area contributed by atoms with Crippen LogP contribution in [-0.2, 0) is 12.8 Å². The molecule has 0 aliphatic carbocycles. The molecule has 0 spiro atoms. The van der Waals surface area contributed by atoms with Gasteiger partial charge in [-0.25, -0.2) is 0 Å². The van der Waals surface area contributed by atoms with Gasteiger partial charge in [-0.15, -0.1) is 0 Å². The second-order valence-corrected chi connectivity index (χ2v) is 3.87. The Hall–Kier alpha value is -0.690. The Balaban J connectivity index is 2.28. The predicted octanol–water partition coefficient (Wildman–Crippen LogP) is 0.355. The van der Waals surface area contributed by atoms with E-state index in [1.165, 1.54) is 11.1 Å². The first kappa shape index (κ1) is 9.85. The van der Waals surface area contributed by atoms with Crippen LogP contribution >= 0.6 is 0 Å². The second kappa shape index (κ2) is 4.22. The molecule has 0 unspecified atom stereocenters.